The van der Waals surface area contributed by atoms with Crippen molar-refractivity contribution in [3.05, 3.63) is 12.2 Å². The van der Waals surface area contributed by atoms with Gasteiger partial charge in [0.1, 0.15) is 0 Å². The van der Waals surface area contributed by atoms with E-state index in [4.69, 9.17) is 0 Å². The molecule has 0 atom stereocenters. The van der Waals surface area contributed by atoms with Crippen LogP contribution in [-0.2, 0) is 19.1 Å². The summed E-state index contributed by atoms with van der Waals surface area (Å²) in [6.45, 7) is 0.395. The first kappa shape index (κ1) is 24.1. The predicted molar refractivity (Wildman–Crippen MR) is 104 cm³/mol. The molecule has 0 saturated heterocycles. The first-order valence-corrected chi connectivity index (χ1v) is 9.83. The fourth-order valence-electron chi connectivity index (χ4n) is 2.59. The SMILES string of the molecule is CNC(=O)C(=O)NC/C=C\CCCCCCCCCCCCC(=O)OC. The smallest absolute Gasteiger partial charge is 0.309 e. The molecule has 26 heavy (non-hydrogen) atoms. The number of hydrogen-bond donors (Lipinski definition) is 2. The minimum atomic E-state index is -0.611. The van der Waals surface area contributed by atoms with Gasteiger partial charge in [-0.3, -0.25) is 14.4 Å². The molecule has 0 saturated carbocycles. The van der Waals surface area contributed by atoms with Crippen LogP contribution in [-0.4, -0.2) is 38.5 Å². The molecule has 6 nitrogen and oxygen atoms in total. The number of nitrogens with one attached hydrogen (secondary N) is 2. The van der Waals surface area contributed by atoms with Gasteiger partial charge in [0.15, 0.2) is 0 Å². The highest BCUT2D eigenvalue weighted by molar-refractivity contribution is 6.35. The van der Waals surface area contributed by atoms with Crippen molar-refractivity contribution in [3.8, 4) is 0 Å². The number of ether oxygens (including phenoxy) is 1. The highest BCUT2D eigenvalue weighted by atomic mass is 16.5. The van der Waals surface area contributed by atoms with Crippen molar-refractivity contribution in [3.63, 3.8) is 0 Å². The Labute approximate surface area is 158 Å². The Morgan fingerprint density at radius 2 is 1.31 bits per heavy atom. The Bertz CT molecular complexity index is 422. The molecule has 0 fully saturated rings. The summed E-state index contributed by atoms with van der Waals surface area (Å²) in [5.74, 6) is -1.31. The van der Waals surface area contributed by atoms with Crippen LogP contribution in [0.5, 0.6) is 0 Å². The summed E-state index contributed by atoms with van der Waals surface area (Å²) < 4.78 is 4.62. The first-order valence-electron chi connectivity index (χ1n) is 9.83. The zero-order chi connectivity index (χ0) is 19.5. The maximum atomic E-state index is 11.2. The van der Waals surface area contributed by atoms with Crippen molar-refractivity contribution in [2.24, 2.45) is 0 Å². The van der Waals surface area contributed by atoms with Gasteiger partial charge in [0, 0.05) is 20.0 Å². The molecule has 0 rings (SSSR count). The fourth-order valence-corrected chi connectivity index (χ4v) is 2.59. The Balaban J connectivity index is 3.24. The van der Waals surface area contributed by atoms with E-state index in [2.05, 4.69) is 21.4 Å². The summed E-state index contributed by atoms with van der Waals surface area (Å²) in [6, 6.07) is 0. The van der Waals surface area contributed by atoms with Gasteiger partial charge in [-0.1, -0.05) is 63.5 Å². The lowest BCUT2D eigenvalue weighted by atomic mass is 10.1. The number of carbonyl (C=O) groups excluding carboxylic acids is 3. The zero-order valence-corrected chi connectivity index (χ0v) is 16.5. The number of likely N-dealkylation sites (N-methyl/N-ethyl adjacent to an activating group) is 1. The molecular weight excluding hydrogens is 332 g/mol. The lowest BCUT2D eigenvalue weighted by Gasteiger charge is -2.02. The molecule has 150 valence electrons. The van der Waals surface area contributed by atoms with Crippen molar-refractivity contribution in [1.29, 1.82) is 0 Å². The van der Waals surface area contributed by atoms with Crippen molar-refractivity contribution in [2.45, 2.75) is 77.0 Å². The first-order chi connectivity index (χ1) is 12.6. The van der Waals surface area contributed by atoms with E-state index in [-0.39, 0.29) is 5.97 Å². The third-order valence-electron chi connectivity index (χ3n) is 4.21. The number of amides is 2. The lowest BCUT2D eigenvalue weighted by Crippen LogP contribution is -2.38. The zero-order valence-electron chi connectivity index (χ0n) is 16.5. The standard InChI is InChI=1S/C20H36N2O4/c1-21-19(24)20(25)22-17-15-13-11-9-7-5-3-4-6-8-10-12-14-16-18(23)26-2/h13,15H,3-12,14,16-17H2,1-2H3,(H,21,24)(H,22,25)/b15-13-. The van der Waals surface area contributed by atoms with Gasteiger partial charge in [-0.05, 0) is 19.3 Å². The van der Waals surface area contributed by atoms with Crippen LogP contribution >= 0.6 is 0 Å². The molecule has 0 aromatic carbocycles. The van der Waals surface area contributed by atoms with Crippen LogP contribution in [0, 0.1) is 0 Å². The molecular formula is C20H36N2O4. The molecule has 0 aliphatic carbocycles. The van der Waals surface area contributed by atoms with Crippen molar-refractivity contribution < 1.29 is 19.1 Å². The normalized spacial score (nSPS) is 10.7. The Kier molecular flexibility index (Phi) is 16.7. The van der Waals surface area contributed by atoms with Gasteiger partial charge >= 0.3 is 17.8 Å². The van der Waals surface area contributed by atoms with Gasteiger partial charge in [-0.25, -0.2) is 0 Å². The summed E-state index contributed by atoms with van der Waals surface area (Å²) in [7, 11) is 2.87. The Morgan fingerprint density at radius 1 is 0.769 bits per heavy atom. The molecule has 0 unspecified atom stereocenters. The average Bonchev–Trinajstić information content (AvgIpc) is 2.66. The molecule has 6 heteroatoms. The number of hydrogen-bond acceptors (Lipinski definition) is 4. The number of esters is 1. The highest BCUT2D eigenvalue weighted by Gasteiger charge is 2.08. The molecule has 0 aromatic rings. The van der Waals surface area contributed by atoms with Crippen LogP contribution in [0.25, 0.3) is 0 Å². The van der Waals surface area contributed by atoms with Gasteiger partial charge in [-0.15, -0.1) is 0 Å². The van der Waals surface area contributed by atoms with E-state index in [1.54, 1.807) is 0 Å². The van der Waals surface area contributed by atoms with E-state index in [9.17, 15) is 14.4 Å². The molecule has 0 aromatic heterocycles. The molecule has 0 radical (unpaired) electrons. The van der Waals surface area contributed by atoms with Gasteiger partial charge in [0.25, 0.3) is 0 Å². The van der Waals surface area contributed by atoms with E-state index in [0.717, 1.165) is 25.7 Å². The van der Waals surface area contributed by atoms with Crippen LogP contribution in [0.3, 0.4) is 0 Å². The molecule has 0 aliphatic heterocycles. The molecule has 0 bridgehead atoms. The van der Waals surface area contributed by atoms with Gasteiger partial charge < -0.3 is 15.4 Å². The van der Waals surface area contributed by atoms with Crippen molar-refractivity contribution in [1.82, 2.24) is 10.6 Å². The summed E-state index contributed by atoms with van der Waals surface area (Å²) in [5.41, 5.74) is 0. The Hall–Kier alpha value is -1.85. The maximum Gasteiger partial charge on any atom is 0.309 e. The van der Waals surface area contributed by atoms with E-state index in [1.165, 1.54) is 59.1 Å². The van der Waals surface area contributed by atoms with Gasteiger partial charge in [0.2, 0.25) is 0 Å². The highest BCUT2D eigenvalue weighted by Crippen LogP contribution is 2.12. The molecule has 0 aliphatic rings. The second kappa shape index (κ2) is 18.0. The average molecular weight is 369 g/mol. The summed E-state index contributed by atoms with van der Waals surface area (Å²) in [6.07, 6.45) is 17.5. The maximum absolute atomic E-state index is 11.2. The van der Waals surface area contributed by atoms with Crippen molar-refractivity contribution in [2.75, 3.05) is 20.7 Å². The van der Waals surface area contributed by atoms with Crippen LogP contribution in [0.1, 0.15) is 77.0 Å². The van der Waals surface area contributed by atoms with Crippen LogP contribution in [0.15, 0.2) is 12.2 Å². The second-order valence-electron chi connectivity index (χ2n) is 6.41. The van der Waals surface area contributed by atoms with Crippen molar-refractivity contribution >= 4 is 17.8 Å². The number of rotatable bonds is 15. The quantitative estimate of drug-likeness (QED) is 0.201. The molecule has 2 N–H and O–H groups in total. The lowest BCUT2D eigenvalue weighted by molar-refractivity contribution is -0.140. The minimum absolute atomic E-state index is 0.103. The molecule has 2 amide bonds. The third-order valence-corrected chi connectivity index (χ3v) is 4.21. The summed E-state index contributed by atoms with van der Waals surface area (Å²) in [5, 5.41) is 4.81. The van der Waals surface area contributed by atoms with E-state index >= 15 is 0 Å². The number of methoxy groups -OCH3 is 1. The number of allylic oxidation sites excluding steroid dienone is 1. The minimum Gasteiger partial charge on any atom is -0.469 e. The number of unbranched alkanes of at least 4 members (excludes halogenated alkanes) is 10. The molecule has 0 spiro atoms. The third kappa shape index (κ3) is 15.7. The van der Waals surface area contributed by atoms with Gasteiger partial charge in [-0.2, -0.15) is 0 Å². The largest absolute Gasteiger partial charge is 0.469 e. The summed E-state index contributed by atoms with van der Waals surface area (Å²) >= 11 is 0. The Morgan fingerprint density at radius 3 is 1.85 bits per heavy atom. The topological polar surface area (TPSA) is 84.5 Å². The van der Waals surface area contributed by atoms with E-state index < -0.39 is 11.8 Å². The van der Waals surface area contributed by atoms with Crippen LogP contribution in [0.4, 0.5) is 0 Å². The van der Waals surface area contributed by atoms with E-state index in [0.29, 0.717) is 13.0 Å². The predicted octanol–water partition coefficient (Wildman–Crippen LogP) is 3.26. The summed E-state index contributed by atoms with van der Waals surface area (Å²) in [4.78, 5) is 33.1. The fraction of sp³-hybridized carbons (Fsp3) is 0.750. The second-order valence-corrected chi connectivity index (χ2v) is 6.41. The van der Waals surface area contributed by atoms with Crippen LogP contribution in [0.2, 0.25) is 0 Å². The van der Waals surface area contributed by atoms with Gasteiger partial charge in [0.05, 0.1) is 7.11 Å². The number of carbonyl (C=O) groups is 3. The van der Waals surface area contributed by atoms with Crippen LogP contribution < -0.4 is 10.6 Å². The molecule has 0 heterocycles. The van der Waals surface area contributed by atoms with E-state index in [1.807, 2.05) is 6.08 Å². The monoisotopic (exact) mass is 368 g/mol.